The van der Waals surface area contributed by atoms with Gasteiger partial charge in [0.25, 0.3) is 5.91 Å². The van der Waals surface area contributed by atoms with Crippen molar-refractivity contribution in [2.75, 3.05) is 30.5 Å². The third kappa shape index (κ3) is 7.90. The molecule has 1 saturated carbocycles. The Morgan fingerprint density at radius 2 is 1.77 bits per heavy atom. The van der Waals surface area contributed by atoms with Crippen molar-refractivity contribution >= 4 is 34.9 Å². The van der Waals surface area contributed by atoms with Gasteiger partial charge in [-0.3, -0.25) is 9.59 Å². The summed E-state index contributed by atoms with van der Waals surface area (Å²) in [7, 11) is 1.41. The predicted molar refractivity (Wildman–Crippen MR) is 147 cm³/mol. The zero-order valence-corrected chi connectivity index (χ0v) is 24.3. The molecule has 9 nitrogen and oxygen atoms in total. The Bertz CT molecular complexity index is 1510. The van der Waals surface area contributed by atoms with Crippen molar-refractivity contribution in [3.8, 4) is 17.2 Å². The number of hydrogen-bond acceptors (Lipinski definition) is 7. The van der Waals surface area contributed by atoms with E-state index in [0.717, 1.165) is 0 Å². The molecule has 1 unspecified atom stereocenters. The minimum absolute atomic E-state index is 0. The maximum Gasteiger partial charge on any atom is 1.00 e. The summed E-state index contributed by atoms with van der Waals surface area (Å²) < 4.78 is 68.2. The Labute approximate surface area is 266 Å². The number of carbonyl (C=O) groups excluding carboxylic acids is 1. The number of nitrogens with one attached hydrogen (secondary N) is 1. The van der Waals surface area contributed by atoms with Gasteiger partial charge >= 0.3 is 31.2 Å². The number of aliphatic carboxylic acids is 1. The van der Waals surface area contributed by atoms with E-state index in [-0.39, 0.29) is 43.1 Å². The molecule has 0 aromatic heterocycles. The van der Waals surface area contributed by atoms with E-state index < -0.39 is 48.2 Å². The minimum atomic E-state index is -4.89. The van der Waals surface area contributed by atoms with Crippen LogP contribution in [0.3, 0.4) is 0 Å². The molecule has 3 aromatic rings. The van der Waals surface area contributed by atoms with Crippen LogP contribution in [0.1, 0.15) is 23.6 Å². The third-order valence-corrected chi connectivity index (χ3v) is 7.37. The second kappa shape index (κ2) is 13.6. The number of nitrogens with zero attached hydrogens (tertiary/aromatic N) is 1. The van der Waals surface area contributed by atoms with E-state index in [0.29, 0.717) is 39.7 Å². The number of alkyl halides is 4. The number of carboxylic acids is 1. The van der Waals surface area contributed by atoms with Gasteiger partial charge < -0.3 is 35.0 Å². The first-order valence-corrected chi connectivity index (χ1v) is 13.2. The number of fused-ring (bicyclic) bond motifs is 1. The van der Waals surface area contributed by atoms with E-state index in [4.69, 9.17) is 26.2 Å². The molecule has 1 heterocycles. The molecule has 3 N–H and O–H groups in total. The topological polar surface area (TPSA) is 127 Å². The van der Waals surface area contributed by atoms with Gasteiger partial charge in [-0.05, 0) is 35.7 Å². The number of rotatable bonds is 10. The van der Waals surface area contributed by atoms with Crippen molar-refractivity contribution < 1.29 is 70.8 Å². The zero-order chi connectivity index (χ0) is 30.2. The third-order valence-electron chi connectivity index (χ3n) is 7.11. The fourth-order valence-electron chi connectivity index (χ4n) is 4.86. The van der Waals surface area contributed by atoms with Crippen LogP contribution in [-0.2, 0) is 16.0 Å². The molecule has 1 aliphatic carbocycles. The van der Waals surface area contributed by atoms with Gasteiger partial charge in [-0.25, -0.2) is 4.39 Å². The molecule has 1 aliphatic heterocycles. The molecule has 0 saturated heterocycles. The van der Waals surface area contributed by atoms with Crippen molar-refractivity contribution in [3.05, 3.63) is 76.8 Å². The van der Waals surface area contributed by atoms with E-state index >= 15 is 0 Å². The quantitative estimate of drug-likeness (QED) is 0.258. The normalized spacial score (nSPS) is 19.0. The van der Waals surface area contributed by atoms with Gasteiger partial charge in [0.2, 0.25) is 0 Å². The fourth-order valence-corrected chi connectivity index (χ4v) is 4.98. The van der Waals surface area contributed by atoms with E-state index in [1.165, 1.54) is 42.3 Å². The van der Waals surface area contributed by atoms with E-state index in [9.17, 15) is 27.2 Å². The van der Waals surface area contributed by atoms with Crippen LogP contribution in [0.2, 0.25) is 5.02 Å². The number of carboxylic acid groups (broad SMARTS) is 1. The Morgan fingerprint density at radius 3 is 2.39 bits per heavy atom. The summed E-state index contributed by atoms with van der Waals surface area (Å²) in [4.78, 5) is 26.5. The largest absolute Gasteiger partial charge is 1.00 e. The smallest absolute Gasteiger partial charge is 0.870 e. The summed E-state index contributed by atoms with van der Waals surface area (Å²) in [6.45, 7) is -0.256. The molecule has 0 spiro atoms. The average Bonchev–Trinajstić information content (AvgIpc) is 3.45. The van der Waals surface area contributed by atoms with Crippen LogP contribution in [-0.4, -0.2) is 54.8 Å². The number of amides is 1. The van der Waals surface area contributed by atoms with E-state index in [1.54, 1.807) is 30.3 Å². The van der Waals surface area contributed by atoms with Gasteiger partial charge in [-0.2, -0.15) is 0 Å². The molecule has 44 heavy (non-hydrogen) atoms. The molecule has 3 atom stereocenters. The second-order valence-electron chi connectivity index (χ2n) is 10.0. The van der Waals surface area contributed by atoms with Crippen LogP contribution in [0.15, 0.2) is 60.7 Å². The second-order valence-corrected chi connectivity index (χ2v) is 10.5. The van der Waals surface area contributed by atoms with Crippen molar-refractivity contribution in [3.63, 3.8) is 0 Å². The molecule has 3 aromatic carbocycles. The maximum absolute atomic E-state index is 14.7. The summed E-state index contributed by atoms with van der Waals surface area (Å²) in [5.41, 5.74) is -0.143. The van der Waals surface area contributed by atoms with E-state index in [1.807, 2.05) is 0 Å². The fraction of sp³-hybridized carbons (Fsp3) is 0.310. The summed E-state index contributed by atoms with van der Waals surface area (Å²) in [5, 5.41) is 12.6. The Balaban J connectivity index is 0.00000264. The van der Waals surface area contributed by atoms with Crippen LogP contribution < -0.4 is 43.3 Å². The molecule has 0 radical (unpaired) electrons. The molecule has 5 rings (SSSR count). The number of hydrogen-bond donors (Lipinski definition) is 2. The molecule has 230 valence electrons. The van der Waals surface area contributed by atoms with Crippen molar-refractivity contribution in [1.82, 2.24) is 0 Å². The summed E-state index contributed by atoms with van der Waals surface area (Å²) in [6, 6.07) is 13.9. The van der Waals surface area contributed by atoms with Gasteiger partial charge in [-0.15, -0.1) is 13.2 Å². The number of carbonyl (C=O) groups is 2. The first-order valence-electron chi connectivity index (χ1n) is 12.8. The predicted octanol–water partition coefficient (Wildman–Crippen LogP) is 3.01. The number of methoxy groups -OCH3 is 1. The van der Waals surface area contributed by atoms with Crippen LogP contribution in [0, 0.1) is 5.92 Å². The molecule has 1 amide bonds. The molecule has 2 aliphatic rings. The van der Waals surface area contributed by atoms with Crippen LogP contribution >= 0.6 is 11.6 Å². The van der Waals surface area contributed by atoms with Crippen LogP contribution in [0.5, 0.6) is 17.2 Å². The van der Waals surface area contributed by atoms with Gasteiger partial charge in [0.05, 0.1) is 18.7 Å². The van der Waals surface area contributed by atoms with Crippen molar-refractivity contribution in [1.29, 1.82) is 0 Å². The molecule has 0 bridgehead atoms. The monoisotopic (exact) mass is 632 g/mol. The summed E-state index contributed by atoms with van der Waals surface area (Å²) in [5.74, 6) is -2.80. The van der Waals surface area contributed by atoms with Gasteiger partial charge in [0.15, 0.2) is 5.67 Å². The van der Waals surface area contributed by atoms with Crippen LogP contribution in [0.4, 0.5) is 28.9 Å². The number of anilines is 2. The van der Waals surface area contributed by atoms with Gasteiger partial charge in [0.1, 0.15) is 29.9 Å². The van der Waals surface area contributed by atoms with Crippen molar-refractivity contribution in [2.24, 2.45) is 5.92 Å². The van der Waals surface area contributed by atoms with Crippen LogP contribution in [0.25, 0.3) is 0 Å². The maximum atomic E-state index is 14.7. The minimum Gasteiger partial charge on any atom is -0.870 e. The van der Waals surface area contributed by atoms with Gasteiger partial charge in [-0.1, -0.05) is 29.8 Å². The standard InChI is InChI=1S/C29H25ClF4N2O6.Li.H2O/c1-40-21-10-19(11-22(12-21)41-15-28(31)14-23(28)27(38)39)35-25(17-2-5-18(30)6-3-17)26(37)36-9-8-16-4-7-20(13-24(16)36)42-29(32,33)34;;/h2-7,10-13,23,25,35H,8-9,14-15H2,1H3,(H,38,39);;1H2/q;+1;/p-1/t23-,25?,28+;;/m1../s1. The number of ether oxygens (including phenoxy) is 3. The number of halogens is 5. The number of benzene rings is 3. The van der Waals surface area contributed by atoms with Crippen molar-refractivity contribution in [2.45, 2.75) is 30.9 Å². The SMILES string of the molecule is COc1cc(NC(C(=O)N2CCc3ccc(OC(F)(F)F)cc32)c2ccc(Cl)cc2)cc(OC[C@@]2(F)C[C@@H]2C(=O)O)c1.[Li+].[OH-]. The Morgan fingerprint density at radius 1 is 1.09 bits per heavy atom. The molecule has 1 fully saturated rings. The molecule has 15 heteroatoms. The average molecular weight is 633 g/mol. The molecular formula is C29H26ClF4LiN2O7. The summed E-state index contributed by atoms with van der Waals surface area (Å²) in [6.07, 6.45) is -4.62. The Kier molecular flexibility index (Phi) is 10.7. The summed E-state index contributed by atoms with van der Waals surface area (Å²) >= 11 is 6.07. The first-order chi connectivity index (χ1) is 19.8. The molecular weight excluding hydrogens is 607 g/mol. The van der Waals surface area contributed by atoms with Gasteiger partial charge in [0, 0.05) is 47.9 Å². The first kappa shape index (κ1) is 34.9. The van der Waals surface area contributed by atoms with E-state index in [2.05, 4.69) is 10.1 Å². The zero-order valence-electron chi connectivity index (χ0n) is 23.5. The Hall–Kier alpha value is -3.63.